The molecule has 0 saturated heterocycles. The largest absolute Gasteiger partial charge is 2.00 e. The first kappa shape index (κ1) is 29.9. The summed E-state index contributed by atoms with van der Waals surface area (Å²) in [7, 11) is -9.01. The molecule has 9 heteroatoms. The van der Waals surface area contributed by atoms with Crippen molar-refractivity contribution in [3.05, 3.63) is 133 Å². The van der Waals surface area contributed by atoms with Crippen LogP contribution in [0.5, 0.6) is 0 Å². The third kappa shape index (κ3) is 8.94. The van der Waals surface area contributed by atoms with Crippen LogP contribution in [0, 0.1) is 0 Å². The predicted molar refractivity (Wildman–Crippen MR) is 137 cm³/mol. The van der Waals surface area contributed by atoms with Gasteiger partial charge in [-0.1, -0.05) is 121 Å². The Bertz CT molecular complexity index is 1470. The first-order valence-electron chi connectivity index (χ1n) is 10.7. The van der Waals surface area contributed by atoms with Crippen molar-refractivity contribution in [2.45, 2.75) is 9.79 Å². The van der Waals surface area contributed by atoms with Gasteiger partial charge in [0.1, 0.15) is 20.2 Å². The zero-order valence-corrected chi connectivity index (χ0v) is 21.8. The Morgan fingerprint density at radius 3 is 0.919 bits per heavy atom. The van der Waals surface area contributed by atoms with E-state index >= 15 is 0 Å². The normalized spacial score (nSPS) is 10.6. The molecule has 0 heterocycles. The molecule has 4 aliphatic carbocycles. The van der Waals surface area contributed by atoms with E-state index in [4.69, 9.17) is 0 Å². The average molecular weight is 582 g/mol. The van der Waals surface area contributed by atoms with E-state index in [9.17, 15) is 25.9 Å². The van der Waals surface area contributed by atoms with E-state index in [0.717, 1.165) is 0 Å². The van der Waals surface area contributed by atoms with Crippen LogP contribution in [-0.2, 0) is 37.3 Å². The topological polar surface area (TPSA) is 114 Å². The Balaban J connectivity index is 0.000000253. The van der Waals surface area contributed by atoms with E-state index in [-0.39, 0.29) is 26.9 Å². The molecule has 4 aliphatic rings. The molecule has 1 radical (unpaired) electrons. The summed E-state index contributed by atoms with van der Waals surface area (Å²) in [5, 5.41) is 0. The Morgan fingerprint density at radius 2 is 0.622 bits per heavy atom. The molecule has 0 amide bonds. The van der Waals surface area contributed by atoms with Crippen molar-refractivity contribution in [2.24, 2.45) is 0 Å². The fourth-order valence-corrected chi connectivity index (χ4v) is 4.74. The third-order valence-corrected chi connectivity index (χ3v) is 6.72. The van der Waals surface area contributed by atoms with E-state index in [1.807, 2.05) is 12.1 Å². The van der Waals surface area contributed by atoms with Crippen LogP contribution in [0.2, 0.25) is 0 Å². The Hall–Kier alpha value is -3.30. The summed E-state index contributed by atoms with van der Waals surface area (Å²) in [6.45, 7) is 0. The van der Waals surface area contributed by atoms with Gasteiger partial charge in [0.2, 0.25) is 0 Å². The van der Waals surface area contributed by atoms with Crippen LogP contribution in [0.4, 0.5) is 0 Å². The van der Waals surface area contributed by atoms with Crippen molar-refractivity contribution >= 4 is 20.2 Å². The van der Waals surface area contributed by atoms with Crippen LogP contribution in [0.25, 0.3) is 22.3 Å². The van der Waals surface area contributed by atoms with Crippen LogP contribution in [0.15, 0.2) is 143 Å². The quantitative estimate of drug-likeness (QED) is 0.224. The van der Waals surface area contributed by atoms with Gasteiger partial charge in [0.05, 0.1) is 9.79 Å². The summed E-state index contributed by atoms with van der Waals surface area (Å²) < 4.78 is 67.9. The van der Waals surface area contributed by atoms with Crippen molar-refractivity contribution < 1.29 is 43.0 Å². The monoisotopic (exact) mass is 581 g/mol. The molecular formula is C28H22CuO6S2. The maximum atomic E-state index is 11.3. The molecular weight excluding hydrogens is 560 g/mol. The number of hydrogen-bond acceptors (Lipinski definition) is 6. The fraction of sp³-hybridized carbons (Fsp3) is 0. The minimum absolute atomic E-state index is 0. The molecule has 0 saturated carbocycles. The molecule has 0 N–H and O–H groups in total. The van der Waals surface area contributed by atoms with Crippen LogP contribution in [-0.4, -0.2) is 25.9 Å². The first-order chi connectivity index (χ1) is 17.2. The molecule has 4 rings (SSSR count). The molecule has 193 valence electrons. The maximum absolute atomic E-state index is 11.3. The molecule has 0 spiro atoms. The molecule has 0 aromatic rings. The first-order valence-corrected chi connectivity index (χ1v) is 13.5. The summed E-state index contributed by atoms with van der Waals surface area (Å²) in [6, 6.07) is 37.2. The van der Waals surface area contributed by atoms with E-state index < -0.39 is 20.2 Å². The molecule has 0 aliphatic heterocycles. The van der Waals surface area contributed by atoms with Gasteiger partial charge in [-0.25, -0.2) is 16.8 Å². The maximum Gasteiger partial charge on any atom is 2.00 e. The standard InChI is InChI=1S/2C14H12O3S.Cu/c2*15-18(16,17)14-11-7-3-5-9-12-8-4-1-2-6-10-13(12)14;/h2*1-11H,(H,15,16,17);/q;;+2/p-2. The van der Waals surface area contributed by atoms with Crippen molar-refractivity contribution in [3.8, 4) is 22.3 Å². The average Bonchev–Trinajstić information content (AvgIpc) is 2.73. The van der Waals surface area contributed by atoms with E-state index in [1.165, 1.54) is 24.3 Å². The minimum atomic E-state index is -4.51. The van der Waals surface area contributed by atoms with Crippen molar-refractivity contribution in [1.82, 2.24) is 0 Å². The fourth-order valence-electron chi connectivity index (χ4n) is 3.34. The summed E-state index contributed by atoms with van der Waals surface area (Å²) in [6.07, 6.45) is 0. The zero-order valence-electron chi connectivity index (χ0n) is 19.3. The molecule has 0 aromatic heterocycles. The van der Waals surface area contributed by atoms with Crippen LogP contribution < -0.4 is 0 Å². The second kappa shape index (κ2) is 13.9. The smallest absolute Gasteiger partial charge is 0.744 e. The minimum Gasteiger partial charge on any atom is -0.744 e. The number of rotatable bonds is 2. The Kier molecular flexibility index (Phi) is 11.2. The summed E-state index contributed by atoms with van der Waals surface area (Å²) in [5.74, 6) is 0. The second-order valence-electron chi connectivity index (χ2n) is 7.40. The van der Waals surface area contributed by atoms with Gasteiger partial charge in [-0.05, 0) is 34.4 Å². The van der Waals surface area contributed by atoms with Crippen molar-refractivity contribution in [2.75, 3.05) is 0 Å². The van der Waals surface area contributed by atoms with E-state index in [0.29, 0.717) is 22.3 Å². The summed E-state index contributed by atoms with van der Waals surface area (Å²) >= 11 is 0. The Morgan fingerprint density at radius 1 is 0.378 bits per heavy atom. The van der Waals surface area contributed by atoms with Gasteiger partial charge in [0.25, 0.3) is 0 Å². The van der Waals surface area contributed by atoms with Crippen molar-refractivity contribution in [3.63, 3.8) is 0 Å². The third-order valence-electron chi connectivity index (χ3n) is 4.93. The molecule has 0 bridgehead atoms. The van der Waals surface area contributed by atoms with Gasteiger partial charge in [-0.2, -0.15) is 0 Å². The number of fused-ring (bicyclic) bond motifs is 2. The van der Waals surface area contributed by atoms with Gasteiger partial charge >= 0.3 is 17.1 Å². The summed E-state index contributed by atoms with van der Waals surface area (Å²) in [4.78, 5) is -0.427. The second-order valence-corrected chi connectivity index (χ2v) is 10.1. The number of hydrogen-bond donors (Lipinski definition) is 0. The van der Waals surface area contributed by atoms with Gasteiger partial charge in [-0.3, -0.25) is 0 Å². The van der Waals surface area contributed by atoms with E-state index in [2.05, 4.69) is 0 Å². The van der Waals surface area contributed by atoms with Gasteiger partial charge < -0.3 is 9.11 Å². The van der Waals surface area contributed by atoms with Crippen LogP contribution in [0.3, 0.4) is 0 Å². The van der Waals surface area contributed by atoms with Gasteiger partial charge in [0, 0.05) is 0 Å². The molecule has 6 nitrogen and oxygen atoms in total. The Labute approximate surface area is 228 Å². The molecule has 0 aromatic carbocycles. The van der Waals surface area contributed by atoms with Crippen molar-refractivity contribution in [1.29, 1.82) is 0 Å². The SMILES string of the molecule is O=S(=O)([O-])c1cccccc2ccccccc1-2.O=S(=O)([O-])c1cccccc2ccccccc1-2.[Cu+2]. The van der Waals surface area contributed by atoms with Crippen LogP contribution >= 0.6 is 0 Å². The van der Waals surface area contributed by atoms with E-state index in [1.54, 1.807) is 97.1 Å². The van der Waals surface area contributed by atoms with Gasteiger partial charge in [0.15, 0.2) is 0 Å². The molecule has 37 heavy (non-hydrogen) atoms. The zero-order chi connectivity index (χ0) is 26.0. The molecule has 0 unspecified atom stereocenters. The van der Waals surface area contributed by atoms with Gasteiger partial charge in [-0.15, -0.1) is 0 Å². The molecule has 0 atom stereocenters. The predicted octanol–water partition coefficient (Wildman–Crippen LogP) is 5.64. The summed E-state index contributed by atoms with van der Waals surface area (Å²) in [5.41, 5.74) is 2.19. The molecule has 0 fully saturated rings. The van der Waals surface area contributed by atoms with Crippen LogP contribution in [0.1, 0.15) is 0 Å².